The molecule has 1 unspecified atom stereocenters. The summed E-state index contributed by atoms with van der Waals surface area (Å²) in [4.78, 5) is 2.38. The zero-order valence-corrected chi connectivity index (χ0v) is 12.0. The molecular weight excluding hydrogens is 238 g/mol. The highest BCUT2D eigenvalue weighted by molar-refractivity contribution is 5.48. The Hall–Kier alpha value is -1.06. The van der Waals surface area contributed by atoms with Crippen LogP contribution in [0.4, 0.5) is 5.69 Å². The van der Waals surface area contributed by atoms with E-state index in [1.807, 2.05) is 12.1 Å². The zero-order chi connectivity index (χ0) is 13.7. The number of benzene rings is 1. The molecule has 1 fully saturated rings. The van der Waals surface area contributed by atoms with Crippen molar-refractivity contribution < 1.29 is 9.84 Å². The second kappa shape index (κ2) is 6.92. The van der Waals surface area contributed by atoms with Crippen LogP contribution in [-0.4, -0.2) is 30.9 Å². The Kier molecular flexibility index (Phi) is 5.23. The molecule has 2 atom stereocenters. The van der Waals surface area contributed by atoms with Gasteiger partial charge in [-0.25, -0.2) is 0 Å². The summed E-state index contributed by atoms with van der Waals surface area (Å²) < 4.78 is 5.86. The first kappa shape index (κ1) is 14.4. The Balaban J connectivity index is 1.96. The topological polar surface area (TPSA) is 32.7 Å². The fraction of sp³-hybridized carbons (Fsp3) is 0.625. The predicted octanol–water partition coefficient (Wildman–Crippen LogP) is 3.14. The second-order valence-electron chi connectivity index (χ2n) is 5.35. The Labute approximate surface area is 116 Å². The molecule has 3 heteroatoms. The third-order valence-corrected chi connectivity index (χ3v) is 3.68. The molecule has 1 aromatic rings. The third kappa shape index (κ3) is 3.95. The van der Waals surface area contributed by atoms with Gasteiger partial charge in [-0.2, -0.15) is 0 Å². The van der Waals surface area contributed by atoms with Crippen LogP contribution in [0.3, 0.4) is 0 Å². The fourth-order valence-electron chi connectivity index (χ4n) is 2.56. The van der Waals surface area contributed by atoms with Gasteiger partial charge in [0.05, 0.1) is 12.2 Å². The van der Waals surface area contributed by atoms with Crippen LogP contribution in [0.15, 0.2) is 24.3 Å². The van der Waals surface area contributed by atoms with Crippen molar-refractivity contribution in [2.24, 2.45) is 0 Å². The van der Waals surface area contributed by atoms with Crippen molar-refractivity contribution in [3.63, 3.8) is 0 Å². The van der Waals surface area contributed by atoms with E-state index < -0.39 is 6.10 Å². The van der Waals surface area contributed by atoms with E-state index in [9.17, 15) is 5.11 Å². The van der Waals surface area contributed by atoms with Crippen LogP contribution in [0, 0.1) is 0 Å². The van der Waals surface area contributed by atoms with Crippen LogP contribution in [0.2, 0.25) is 0 Å². The van der Waals surface area contributed by atoms with Crippen molar-refractivity contribution in [2.45, 2.75) is 45.3 Å². The molecule has 0 aromatic heterocycles. The van der Waals surface area contributed by atoms with E-state index in [-0.39, 0.29) is 0 Å². The van der Waals surface area contributed by atoms with Gasteiger partial charge in [-0.1, -0.05) is 19.1 Å². The monoisotopic (exact) mass is 263 g/mol. The highest BCUT2D eigenvalue weighted by Gasteiger charge is 2.20. The number of rotatable bonds is 5. The van der Waals surface area contributed by atoms with Gasteiger partial charge in [-0.05, 0) is 43.9 Å². The van der Waals surface area contributed by atoms with Crippen molar-refractivity contribution in [3.8, 4) is 0 Å². The van der Waals surface area contributed by atoms with Gasteiger partial charge in [0, 0.05) is 25.4 Å². The molecule has 3 nitrogen and oxygen atoms in total. The molecular formula is C16H25NO2. The number of hydrogen-bond acceptors (Lipinski definition) is 3. The Morgan fingerprint density at radius 1 is 1.37 bits per heavy atom. The maximum absolute atomic E-state index is 9.53. The average Bonchev–Trinajstić information content (AvgIpc) is 2.45. The lowest BCUT2D eigenvalue weighted by Gasteiger charge is -2.34. The maximum Gasteiger partial charge on any atom is 0.0761 e. The SMILES string of the molecule is CCCOC1CCCN(c2ccc([C@H](C)O)cc2)C1. The molecule has 1 N–H and O–H groups in total. The Morgan fingerprint density at radius 2 is 2.11 bits per heavy atom. The smallest absolute Gasteiger partial charge is 0.0761 e. The minimum Gasteiger partial charge on any atom is -0.389 e. The summed E-state index contributed by atoms with van der Waals surface area (Å²) in [5.74, 6) is 0. The standard InChI is InChI=1S/C16H25NO2/c1-3-11-19-16-5-4-10-17(12-16)15-8-6-14(7-9-15)13(2)18/h6-9,13,16,18H,3-5,10-12H2,1-2H3/t13-,16?/m0/s1. The number of aliphatic hydroxyl groups is 1. The lowest BCUT2D eigenvalue weighted by molar-refractivity contribution is 0.0440. The summed E-state index contributed by atoms with van der Waals surface area (Å²) in [5.41, 5.74) is 2.20. The van der Waals surface area contributed by atoms with Crippen LogP contribution in [-0.2, 0) is 4.74 Å². The van der Waals surface area contributed by atoms with E-state index in [0.29, 0.717) is 6.10 Å². The third-order valence-electron chi connectivity index (χ3n) is 3.68. The minimum atomic E-state index is -0.393. The molecule has 19 heavy (non-hydrogen) atoms. The van der Waals surface area contributed by atoms with E-state index in [4.69, 9.17) is 4.74 Å². The molecule has 0 saturated carbocycles. The highest BCUT2D eigenvalue weighted by Crippen LogP contribution is 2.23. The number of ether oxygens (including phenoxy) is 1. The first-order valence-corrected chi connectivity index (χ1v) is 7.35. The molecule has 0 spiro atoms. The van der Waals surface area contributed by atoms with Gasteiger partial charge in [0.25, 0.3) is 0 Å². The number of hydrogen-bond donors (Lipinski definition) is 1. The van der Waals surface area contributed by atoms with Gasteiger partial charge in [-0.15, -0.1) is 0 Å². The number of anilines is 1. The van der Waals surface area contributed by atoms with Gasteiger partial charge in [0.2, 0.25) is 0 Å². The maximum atomic E-state index is 9.53. The molecule has 1 saturated heterocycles. The quantitative estimate of drug-likeness (QED) is 0.886. The zero-order valence-electron chi connectivity index (χ0n) is 12.0. The van der Waals surface area contributed by atoms with Gasteiger partial charge in [0.15, 0.2) is 0 Å². The molecule has 106 valence electrons. The van der Waals surface area contributed by atoms with E-state index in [1.165, 1.54) is 18.5 Å². The number of aliphatic hydroxyl groups excluding tert-OH is 1. The van der Waals surface area contributed by atoms with Gasteiger partial charge < -0.3 is 14.7 Å². The highest BCUT2D eigenvalue weighted by atomic mass is 16.5. The second-order valence-corrected chi connectivity index (χ2v) is 5.35. The van der Waals surface area contributed by atoms with Crippen LogP contribution in [0.5, 0.6) is 0 Å². The molecule has 0 amide bonds. The first-order valence-electron chi connectivity index (χ1n) is 7.35. The first-order chi connectivity index (χ1) is 9.20. The fourth-order valence-corrected chi connectivity index (χ4v) is 2.56. The molecule has 1 heterocycles. The normalized spacial score (nSPS) is 21.4. The van der Waals surface area contributed by atoms with Gasteiger partial charge in [-0.3, -0.25) is 0 Å². The number of nitrogens with zero attached hydrogens (tertiary/aromatic N) is 1. The lowest BCUT2D eigenvalue weighted by Crippen LogP contribution is -2.39. The van der Waals surface area contributed by atoms with Crippen LogP contribution >= 0.6 is 0 Å². The van der Waals surface area contributed by atoms with Crippen LogP contribution in [0.1, 0.15) is 44.8 Å². The number of piperidine rings is 1. The molecule has 2 rings (SSSR count). The van der Waals surface area contributed by atoms with Crippen molar-refractivity contribution in [1.29, 1.82) is 0 Å². The van der Waals surface area contributed by atoms with Crippen molar-refractivity contribution >= 4 is 5.69 Å². The molecule has 0 radical (unpaired) electrons. The largest absolute Gasteiger partial charge is 0.389 e. The molecule has 1 aliphatic rings. The summed E-state index contributed by atoms with van der Waals surface area (Å²) in [6.07, 6.45) is 3.41. The van der Waals surface area contributed by atoms with Crippen molar-refractivity contribution in [3.05, 3.63) is 29.8 Å². The summed E-state index contributed by atoms with van der Waals surface area (Å²) in [7, 11) is 0. The lowest BCUT2D eigenvalue weighted by atomic mass is 10.1. The van der Waals surface area contributed by atoms with E-state index in [2.05, 4.69) is 24.0 Å². The Bertz CT molecular complexity index is 375. The van der Waals surface area contributed by atoms with Crippen molar-refractivity contribution in [1.82, 2.24) is 0 Å². The molecule has 0 aliphatic carbocycles. The van der Waals surface area contributed by atoms with Crippen molar-refractivity contribution in [2.75, 3.05) is 24.6 Å². The molecule has 1 aromatic carbocycles. The van der Waals surface area contributed by atoms with Gasteiger partial charge in [0.1, 0.15) is 0 Å². The van der Waals surface area contributed by atoms with Crippen LogP contribution < -0.4 is 4.90 Å². The average molecular weight is 263 g/mol. The van der Waals surface area contributed by atoms with Gasteiger partial charge >= 0.3 is 0 Å². The summed E-state index contributed by atoms with van der Waals surface area (Å²) in [6.45, 7) is 6.88. The van der Waals surface area contributed by atoms with E-state index >= 15 is 0 Å². The summed E-state index contributed by atoms with van der Waals surface area (Å²) >= 11 is 0. The Morgan fingerprint density at radius 3 is 2.74 bits per heavy atom. The minimum absolute atomic E-state index is 0.366. The molecule has 0 bridgehead atoms. The molecule has 1 aliphatic heterocycles. The van der Waals surface area contributed by atoms with Crippen LogP contribution in [0.25, 0.3) is 0 Å². The van der Waals surface area contributed by atoms with E-state index in [0.717, 1.165) is 31.7 Å². The summed E-state index contributed by atoms with van der Waals surface area (Å²) in [5, 5.41) is 9.53. The van der Waals surface area contributed by atoms with E-state index in [1.54, 1.807) is 6.92 Å². The summed E-state index contributed by atoms with van der Waals surface area (Å²) in [6, 6.07) is 8.22. The predicted molar refractivity (Wildman–Crippen MR) is 78.6 cm³/mol.